The predicted molar refractivity (Wildman–Crippen MR) is 56.7 cm³/mol. The molecule has 0 fully saturated rings. The van der Waals surface area contributed by atoms with Crippen molar-refractivity contribution in [3.05, 3.63) is 48.0 Å². The molecule has 2 atom stereocenters. The Bertz CT molecular complexity index is 284. The zero-order valence-corrected chi connectivity index (χ0v) is 8.11. The second-order valence-corrected chi connectivity index (χ2v) is 3.92. The molecule has 1 aromatic rings. The van der Waals surface area contributed by atoms with Gasteiger partial charge in [0.05, 0.1) is 0 Å². The third kappa shape index (κ3) is 1.82. The minimum absolute atomic E-state index is 0.648. The van der Waals surface area contributed by atoms with Crippen molar-refractivity contribution in [2.75, 3.05) is 0 Å². The summed E-state index contributed by atoms with van der Waals surface area (Å²) in [5, 5.41) is 0. The van der Waals surface area contributed by atoms with Crippen LogP contribution in [0.25, 0.3) is 0 Å². The number of rotatable bonds is 1. The summed E-state index contributed by atoms with van der Waals surface area (Å²) < 4.78 is 0. The lowest BCUT2D eigenvalue weighted by atomic mass is 9.81. The van der Waals surface area contributed by atoms with E-state index in [0.29, 0.717) is 5.92 Å². The highest BCUT2D eigenvalue weighted by atomic mass is 14.2. The molecule has 0 spiro atoms. The fourth-order valence-corrected chi connectivity index (χ4v) is 2.09. The molecule has 0 saturated heterocycles. The van der Waals surface area contributed by atoms with Crippen LogP contribution in [0, 0.1) is 5.92 Å². The molecule has 1 aromatic carbocycles. The summed E-state index contributed by atoms with van der Waals surface area (Å²) in [5.41, 5.74) is 1.46. The molecule has 0 bridgehead atoms. The Hall–Kier alpha value is -1.04. The van der Waals surface area contributed by atoms with Gasteiger partial charge in [-0.15, -0.1) is 0 Å². The first-order chi connectivity index (χ1) is 6.38. The van der Waals surface area contributed by atoms with E-state index in [1.807, 2.05) is 0 Å². The highest BCUT2D eigenvalue weighted by Gasteiger charge is 2.18. The average Bonchev–Trinajstić information content (AvgIpc) is 2.20. The van der Waals surface area contributed by atoms with E-state index in [1.54, 1.807) is 0 Å². The number of hydrogen-bond donors (Lipinski definition) is 0. The maximum atomic E-state index is 2.36. The molecule has 68 valence electrons. The van der Waals surface area contributed by atoms with Crippen molar-refractivity contribution < 1.29 is 0 Å². The molecule has 0 heteroatoms. The molecule has 1 aliphatic rings. The molecule has 13 heavy (non-hydrogen) atoms. The van der Waals surface area contributed by atoms with Crippen LogP contribution in [0.2, 0.25) is 0 Å². The molecule has 0 radical (unpaired) electrons. The van der Waals surface area contributed by atoms with E-state index in [4.69, 9.17) is 0 Å². The third-order valence-electron chi connectivity index (χ3n) is 2.93. The van der Waals surface area contributed by atoms with E-state index < -0.39 is 0 Å². The van der Waals surface area contributed by atoms with Crippen molar-refractivity contribution in [1.82, 2.24) is 0 Å². The van der Waals surface area contributed by atoms with Gasteiger partial charge in [-0.1, -0.05) is 49.4 Å². The van der Waals surface area contributed by atoms with Gasteiger partial charge in [-0.25, -0.2) is 0 Å². The Kier molecular flexibility index (Phi) is 2.49. The molecule has 0 heterocycles. The molecule has 0 amide bonds. The summed E-state index contributed by atoms with van der Waals surface area (Å²) in [7, 11) is 0. The molecule has 1 aliphatic carbocycles. The first kappa shape index (κ1) is 8.55. The van der Waals surface area contributed by atoms with Crippen molar-refractivity contribution in [3.63, 3.8) is 0 Å². The summed E-state index contributed by atoms with van der Waals surface area (Å²) in [6, 6.07) is 10.8. The first-order valence-electron chi connectivity index (χ1n) is 5.09. The molecule has 2 rings (SSSR count). The van der Waals surface area contributed by atoms with E-state index in [0.717, 1.165) is 5.92 Å². The molecular weight excluding hydrogens is 156 g/mol. The van der Waals surface area contributed by atoms with Crippen LogP contribution in [0.4, 0.5) is 0 Å². The standard InChI is InChI=1S/C13H16/c1-11-7-5-6-10-13(11)12-8-3-2-4-9-12/h2-4,6,8-11,13H,5,7H2,1H3/t11-,13-/m1/s1. The molecule has 0 nitrogen and oxygen atoms in total. The predicted octanol–water partition coefficient (Wildman–Crippen LogP) is 3.76. The van der Waals surface area contributed by atoms with Crippen LogP contribution in [0.15, 0.2) is 42.5 Å². The summed E-state index contributed by atoms with van der Waals surface area (Å²) in [6.07, 6.45) is 7.27. The lowest BCUT2D eigenvalue weighted by Crippen LogP contribution is -2.10. The SMILES string of the molecule is C[C@@H]1CCC=C[C@H]1c1ccccc1. The number of benzene rings is 1. The van der Waals surface area contributed by atoms with Gasteiger partial charge in [0.1, 0.15) is 0 Å². The topological polar surface area (TPSA) is 0 Å². The van der Waals surface area contributed by atoms with E-state index in [2.05, 4.69) is 49.4 Å². The maximum Gasteiger partial charge on any atom is 0.00437 e. The van der Waals surface area contributed by atoms with Gasteiger partial charge < -0.3 is 0 Å². The second-order valence-electron chi connectivity index (χ2n) is 3.92. The Balaban J connectivity index is 2.25. The van der Waals surface area contributed by atoms with Gasteiger partial charge in [0.2, 0.25) is 0 Å². The zero-order valence-electron chi connectivity index (χ0n) is 8.11. The molecule has 0 saturated carbocycles. The maximum absolute atomic E-state index is 2.36. The lowest BCUT2D eigenvalue weighted by molar-refractivity contribution is 0.469. The number of allylic oxidation sites excluding steroid dienone is 2. The van der Waals surface area contributed by atoms with Crippen LogP contribution in [0.5, 0.6) is 0 Å². The van der Waals surface area contributed by atoms with Gasteiger partial charge in [-0.2, -0.15) is 0 Å². The monoisotopic (exact) mass is 172 g/mol. The smallest absolute Gasteiger partial charge is 0.00437 e. The number of hydrogen-bond acceptors (Lipinski definition) is 0. The summed E-state index contributed by atoms with van der Waals surface area (Å²) in [6.45, 7) is 2.35. The minimum atomic E-state index is 0.648. The van der Waals surface area contributed by atoms with Crippen LogP contribution >= 0.6 is 0 Å². The molecule has 0 aliphatic heterocycles. The van der Waals surface area contributed by atoms with Crippen molar-refractivity contribution >= 4 is 0 Å². The van der Waals surface area contributed by atoms with Crippen molar-refractivity contribution in [3.8, 4) is 0 Å². The Labute approximate surface area is 80.3 Å². The van der Waals surface area contributed by atoms with Gasteiger partial charge in [0.25, 0.3) is 0 Å². The molecule has 0 unspecified atom stereocenters. The van der Waals surface area contributed by atoms with Gasteiger partial charge >= 0.3 is 0 Å². The van der Waals surface area contributed by atoms with Gasteiger partial charge in [-0.05, 0) is 24.3 Å². The Morgan fingerprint density at radius 3 is 2.62 bits per heavy atom. The Morgan fingerprint density at radius 1 is 1.15 bits per heavy atom. The van der Waals surface area contributed by atoms with Crippen molar-refractivity contribution in [2.45, 2.75) is 25.7 Å². The van der Waals surface area contributed by atoms with Crippen LogP contribution in [0.1, 0.15) is 31.2 Å². The second kappa shape index (κ2) is 3.78. The summed E-state index contributed by atoms with van der Waals surface area (Å²) in [5.74, 6) is 1.45. The lowest BCUT2D eigenvalue weighted by Gasteiger charge is -2.24. The third-order valence-corrected chi connectivity index (χ3v) is 2.93. The van der Waals surface area contributed by atoms with E-state index in [1.165, 1.54) is 18.4 Å². The highest BCUT2D eigenvalue weighted by Crippen LogP contribution is 2.32. The van der Waals surface area contributed by atoms with Gasteiger partial charge in [0.15, 0.2) is 0 Å². The fraction of sp³-hybridized carbons (Fsp3) is 0.385. The normalized spacial score (nSPS) is 27.5. The van der Waals surface area contributed by atoms with Crippen LogP contribution in [-0.2, 0) is 0 Å². The zero-order chi connectivity index (χ0) is 9.10. The molecule has 0 aromatic heterocycles. The van der Waals surface area contributed by atoms with Crippen molar-refractivity contribution in [1.29, 1.82) is 0 Å². The van der Waals surface area contributed by atoms with Crippen molar-refractivity contribution in [2.24, 2.45) is 5.92 Å². The van der Waals surface area contributed by atoms with Crippen LogP contribution < -0.4 is 0 Å². The molecular formula is C13H16. The highest BCUT2D eigenvalue weighted by molar-refractivity contribution is 5.25. The van der Waals surface area contributed by atoms with Gasteiger partial charge in [0, 0.05) is 5.92 Å². The van der Waals surface area contributed by atoms with Gasteiger partial charge in [-0.3, -0.25) is 0 Å². The average molecular weight is 172 g/mol. The minimum Gasteiger partial charge on any atom is -0.0879 e. The largest absolute Gasteiger partial charge is 0.0879 e. The quantitative estimate of drug-likeness (QED) is 0.566. The molecule has 0 N–H and O–H groups in total. The fourth-order valence-electron chi connectivity index (χ4n) is 2.09. The van der Waals surface area contributed by atoms with E-state index in [-0.39, 0.29) is 0 Å². The van der Waals surface area contributed by atoms with E-state index >= 15 is 0 Å². The summed E-state index contributed by atoms with van der Waals surface area (Å²) >= 11 is 0. The summed E-state index contributed by atoms with van der Waals surface area (Å²) in [4.78, 5) is 0. The van der Waals surface area contributed by atoms with Crippen LogP contribution in [0.3, 0.4) is 0 Å². The first-order valence-corrected chi connectivity index (χ1v) is 5.09. The Morgan fingerprint density at radius 2 is 1.92 bits per heavy atom. The van der Waals surface area contributed by atoms with Crippen LogP contribution in [-0.4, -0.2) is 0 Å². The van der Waals surface area contributed by atoms with E-state index in [9.17, 15) is 0 Å².